The molecule has 0 bridgehead atoms. The van der Waals surface area contributed by atoms with Crippen molar-refractivity contribution in [2.75, 3.05) is 0 Å². The molecule has 17 heavy (non-hydrogen) atoms. The van der Waals surface area contributed by atoms with Crippen LogP contribution in [0.3, 0.4) is 0 Å². The Morgan fingerprint density at radius 3 is 2.88 bits per heavy atom. The fourth-order valence-corrected chi connectivity index (χ4v) is 2.43. The highest BCUT2D eigenvalue weighted by Gasteiger charge is 2.20. The molecule has 0 saturated carbocycles. The van der Waals surface area contributed by atoms with E-state index in [1.54, 1.807) is 19.2 Å². The Labute approximate surface area is 106 Å². The highest BCUT2D eigenvalue weighted by Crippen LogP contribution is 2.37. The summed E-state index contributed by atoms with van der Waals surface area (Å²) < 4.78 is 1.54. The van der Waals surface area contributed by atoms with E-state index in [2.05, 4.69) is 10.1 Å². The van der Waals surface area contributed by atoms with Gasteiger partial charge in [0.15, 0.2) is 5.16 Å². The largest absolute Gasteiger partial charge is 0.301 e. The van der Waals surface area contributed by atoms with Gasteiger partial charge in [-0.1, -0.05) is 17.7 Å². The number of para-hydroxylation sites is 1. The maximum absolute atomic E-state index is 10.9. The Morgan fingerprint density at radius 1 is 1.53 bits per heavy atom. The molecule has 0 amide bonds. The molecule has 1 aromatic heterocycles. The van der Waals surface area contributed by atoms with E-state index >= 15 is 0 Å². The molecule has 1 aromatic carbocycles. The van der Waals surface area contributed by atoms with Gasteiger partial charge in [0.05, 0.1) is 9.82 Å². The second-order valence-electron chi connectivity index (χ2n) is 3.11. The zero-order chi connectivity index (χ0) is 12.4. The van der Waals surface area contributed by atoms with E-state index in [4.69, 9.17) is 11.6 Å². The Bertz CT molecular complexity index is 572. The molecule has 6 nitrogen and oxygen atoms in total. The van der Waals surface area contributed by atoms with Crippen molar-refractivity contribution in [2.45, 2.75) is 10.1 Å². The third kappa shape index (κ3) is 2.40. The van der Waals surface area contributed by atoms with Gasteiger partial charge in [-0.25, -0.2) is 9.67 Å². The quantitative estimate of drug-likeness (QED) is 0.633. The molecule has 0 saturated heterocycles. The Kier molecular flexibility index (Phi) is 3.30. The predicted molar refractivity (Wildman–Crippen MR) is 63.2 cm³/mol. The molecule has 0 N–H and O–H groups in total. The van der Waals surface area contributed by atoms with E-state index < -0.39 is 4.92 Å². The highest BCUT2D eigenvalue weighted by molar-refractivity contribution is 7.99. The van der Waals surface area contributed by atoms with Crippen LogP contribution in [0.1, 0.15) is 0 Å². The van der Waals surface area contributed by atoms with Gasteiger partial charge in [0.2, 0.25) is 0 Å². The molecule has 0 aliphatic carbocycles. The summed E-state index contributed by atoms with van der Waals surface area (Å²) >= 11 is 6.96. The van der Waals surface area contributed by atoms with Gasteiger partial charge < -0.3 is 0 Å². The molecule has 2 aromatic rings. The fraction of sp³-hybridized carbons (Fsp3) is 0.111. The second kappa shape index (κ2) is 4.72. The lowest BCUT2D eigenvalue weighted by atomic mass is 10.3. The molecule has 0 aliphatic heterocycles. The normalized spacial score (nSPS) is 10.5. The van der Waals surface area contributed by atoms with E-state index in [9.17, 15) is 10.1 Å². The second-order valence-corrected chi connectivity index (χ2v) is 4.53. The average Bonchev–Trinajstić information content (AvgIpc) is 2.64. The maximum atomic E-state index is 10.9. The molecular formula is C9H7ClN4O2S. The molecule has 1 heterocycles. The van der Waals surface area contributed by atoms with Crippen molar-refractivity contribution in [1.29, 1.82) is 0 Å². The predicted octanol–water partition coefficient (Wildman–Crippen LogP) is 2.53. The molecule has 8 heteroatoms. The van der Waals surface area contributed by atoms with Gasteiger partial charge in [-0.2, -0.15) is 5.10 Å². The minimum Gasteiger partial charge on any atom is -0.258 e. The third-order valence-corrected chi connectivity index (χ3v) is 3.41. The first kappa shape index (κ1) is 11.9. The van der Waals surface area contributed by atoms with Crippen LogP contribution in [-0.4, -0.2) is 19.7 Å². The zero-order valence-electron chi connectivity index (χ0n) is 8.70. The third-order valence-electron chi connectivity index (χ3n) is 2.00. The molecular weight excluding hydrogens is 264 g/mol. The van der Waals surface area contributed by atoms with Gasteiger partial charge in [-0.3, -0.25) is 10.1 Å². The maximum Gasteiger partial charge on any atom is 0.301 e. The van der Waals surface area contributed by atoms with Gasteiger partial charge in [-0.15, -0.1) is 0 Å². The van der Waals surface area contributed by atoms with Crippen molar-refractivity contribution in [3.8, 4) is 0 Å². The van der Waals surface area contributed by atoms with E-state index in [-0.39, 0.29) is 10.7 Å². The lowest BCUT2D eigenvalue weighted by Crippen LogP contribution is -1.95. The van der Waals surface area contributed by atoms with Crippen LogP contribution in [0, 0.1) is 10.1 Å². The van der Waals surface area contributed by atoms with Crippen molar-refractivity contribution in [3.05, 3.63) is 39.7 Å². The number of nitrogens with zero attached hydrogens (tertiary/aromatic N) is 4. The van der Waals surface area contributed by atoms with Crippen LogP contribution in [0.2, 0.25) is 5.02 Å². The standard InChI is InChI=1S/C9H7ClN4O2S/c1-13-9(11-5-12-13)17-7-4-2-3-6(10)8(7)14(15)16/h2-5H,1H3. The first-order valence-electron chi connectivity index (χ1n) is 4.54. The fourth-order valence-electron chi connectivity index (χ4n) is 1.23. The number of hydrogen-bond donors (Lipinski definition) is 0. The summed E-state index contributed by atoms with van der Waals surface area (Å²) in [6.45, 7) is 0. The summed E-state index contributed by atoms with van der Waals surface area (Å²) in [6, 6.07) is 4.78. The molecule has 0 aliphatic rings. The van der Waals surface area contributed by atoms with Gasteiger partial charge in [0.1, 0.15) is 11.3 Å². The van der Waals surface area contributed by atoms with Crippen molar-refractivity contribution in [3.63, 3.8) is 0 Å². The van der Waals surface area contributed by atoms with E-state index in [0.717, 1.165) is 11.8 Å². The first-order valence-corrected chi connectivity index (χ1v) is 5.74. The van der Waals surface area contributed by atoms with Crippen LogP contribution in [0.5, 0.6) is 0 Å². The molecule has 0 radical (unpaired) electrons. The van der Waals surface area contributed by atoms with Gasteiger partial charge in [0.25, 0.3) is 0 Å². The smallest absolute Gasteiger partial charge is 0.258 e. The van der Waals surface area contributed by atoms with Crippen LogP contribution in [0.15, 0.2) is 34.6 Å². The van der Waals surface area contributed by atoms with Gasteiger partial charge in [0, 0.05) is 7.05 Å². The molecule has 2 rings (SSSR count). The minimum atomic E-state index is -0.499. The summed E-state index contributed by atoms with van der Waals surface area (Å²) in [5.74, 6) is 0. The van der Waals surface area contributed by atoms with Crippen molar-refractivity contribution < 1.29 is 4.92 Å². The van der Waals surface area contributed by atoms with E-state index in [0.29, 0.717) is 10.1 Å². The topological polar surface area (TPSA) is 73.8 Å². The Balaban J connectivity index is 2.43. The number of rotatable bonds is 3. The average molecular weight is 271 g/mol. The van der Waals surface area contributed by atoms with Crippen LogP contribution in [-0.2, 0) is 7.05 Å². The summed E-state index contributed by atoms with van der Waals surface area (Å²) in [6.07, 6.45) is 1.39. The Hall–Kier alpha value is -1.60. The monoisotopic (exact) mass is 270 g/mol. The first-order chi connectivity index (χ1) is 8.09. The molecule has 88 valence electrons. The molecule has 0 fully saturated rings. The molecule has 0 atom stereocenters. The number of aryl methyl sites for hydroxylation is 1. The lowest BCUT2D eigenvalue weighted by Gasteiger charge is -2.02. The molecule has 0 spiro atoms. The number of nitro benzene ring substituents is 1. The highest BCUT2D eigenvalue weighted by atomic mass is 35.5. The zero-order valence-corrected chi connectivity index (χ0v) is 10.3. The number of aromatic nitrogens is 3. The number of halogens is 1. The summed E-state index contributed by atoms with van der Waals surface area (Å²) in [5.41, 5.74) is -0.109. The van der Waals surface area contributed by atoms with Crippen LogP contribution < -0.4 is 0 Å². The van der Waals surface area contributed by atoms with Crippen molar-refractivity contribution in [2.24, 2.45) is 7.05 Å². The van der Waals surface area contributed by atoms with Gasteiger partial charge >= 0.3 is 5.69 Å². The Morgan fingerprint density at radius 2 is 2.29 bits per heavy atom. The SMILES string of the molecule is Cn1ncnc1Sc1cccc(Cl)c1[N+](=O)[O-]. The van der Waals surface area contributed by atoms with Crippen LogP contribution >= 0.6 is 23.4 Å². The van der Waals surface area contributed by atoms with E-state index in [1.807, 2.05) is 0 Å². The summed E-state index contributed by atoms with van der Waals surface area (Å²) in [5, 5.41) is 15.5. The van der Waals surface area contributed by atoms with E-state index in [1.165, 1.54) is 17.1 Å². The minimum absolute atomic E-state index is 0.109. The summed E-state index contributed by atoms with van der Waals surface area (Å²) in [4.78, 5) is 14.9. The van der Waals surface area contributed by atoms with Crippen molar-refractivity contribution >= 4 is 29.1 Å². The lowest BCUT2D eigenvalue weighted by molar-refractivity contribution is -0.387. The summed E-state index contributed by atoms with van der Waals surface area (Å²) in [7, 11) is 1.71. The number of hydrogen-bond acceptors (Lipinski definition) is 5. The molecule has 0 unspecified atom stereocenters. The number of benzene rings is 1. The van der Waals surface area contributed by atoms with Crippen molar-refractivity contribution in [1.82, 2.24) is 14.8 Å². The van der Waals surface area contributed by atoms with Crippen LogP contribution in [0.4, 0.5) is 5.69 Å². The number of nitro groups is 1. The van der Waals surface area contributed by atoms with Crippen LogP contribution in [0.25, 0.3) is 0 Å². The van der Waals surface area contributed by atoms with Gasteiger partial charge in [-0.05, 0) is 23.9 Å².